The van der Waals surface area contributed by atoms with Crippen molar-refractivity contribution in [3.8, 4) is 5.75 Å². The number of hydrogen-bond acceptors (Lipinski definition) is 5. The van der Waals surface area contributed by atoms with E-state index in [0.29, 0.717) is 17.0 Å². The number of nitro benzene ring substituents is 1. The summed E-state index contributed by atoms with van der Waals surface area (Å²) >= 11 is 0. The second-order valence-corrected chi connectivity index (χ2v) is 6.80. The van der Waals surface area contributed by atoms with Gasteiger partial charge in [-0.05, 0) is 50.1 Å². The van der Waals surface area contributed by atoms with Crippen molar-refractivity contribution in [2.45, 2.75) is 27.2 Å². The van der Waals surface area contributed by atoms with Gasteiger partial charge in [-0.3, -0.25) is 19.7 Å². The molecule has 2 aromatic carbocycles. The Morgan fingerprint density at radius 3 is 2.48 bits per heavy atom. The first kappa shape index (κ1) is 18.6. The standard InChI is InChI=1S/C20H20N2O5/c1-12-5-7-17(8-14(12)3)27-20(24)15-9-19(23)21(11-15)16-6-4-13(2)18(10-16)22(25)26/h4-8,10,15H,9,11H2,1-3H3/t15-/m1/s1. The largest absolute Gasteiger partial charge is 0.426 e. The van der Waals surface area contributed by atoms with Crippen molar-refractivity contribution in [2.24, 2.45) is 5.92 Å². The zero-order chi connectivity index (χ0) is 19.7. The fourth-order valence-corrected chi connectivity index (χ4v) is 3.05. The van der Waals surface area contributed by atoms with Crippen LogP contribution >= 0.6 is 0 Å². The monoisotopic (exact) mass is 368 g/mol. The molecule has 1 saturated heterocycles. The van der Waals surface area contributed by atoms with Crippen LogP contribution < -0.4 is 9.64 Å². The second-order valence-electron chi connectivity index (χ2n) is 6.80. The molecule has 1 aliphatic rings. The van der Waals surface area contributed by atoms with Crippen LogP contribution in [0.2, 0.25) is 0 Å². The molecule has 0 saturated carbocycles. The summed E-state index contributed by atoms with van der Waals surface area (Å²) in [6, 6.07) is 9.99. The normalized spacial score (nSPS) is 16.5. The highest BCUT2D eigenvalue weighted by Gasteiger charge is 2.37. The molecule has 1 heterocycles. The van der Waals surface area contributed by atoms with Gasteiger partial charge in [-0.2, -0.15) is 0 Å². The highest BCUT2D eigenvalue weighted by molar-refractivity contribution is 6.00. The van der Waals surface area contributed by atoms with Gasteiger partial charge in [-0.1, -0.05) is 12.1 Å². The van der Waals surface area contributed by atoms with Crippen LogP contribution in [0.3, 0.4) is 0 Å². The van der Waals surface area contributed by atoms with Crippen LogP contribution in [-0.4, -0.2) is 23.3 Å². The van der Waals surface area contributed by atoms with Gasteiger partial charge in [0.15, 0.2) is 0 Å². The number of amides is 1. The quantitative estimate of drug-likeness (QED) is 0.357. The molecular weight excluding hydrogens is 348 g/mol. The molecule has 1 fully saturated rings. The lowest BCUT2D eigenvalue weighted by atomic mass is 10.1. The van der Waals surface area contributed by atoms with Gasteiger partial charge < -0.3 is 9.64 Å². The minimum Gasteiger partial charge on any atom is -0.426 e. The number of nitrogens with zero attached hydrogens (tertiary/aromatic N) is 2. The molecule has 1 amide bonds. The molecule has 2 aromatic rings. The lowest BCUT2D eigenvalue weighted by molar-refractivity contribution is -0.385. The number of benzene rings is 2. The van der Waals surface area contributed by atoms with Crippen molar-refractivity contribution in [3.63, 3.8) is 0 Å². The minimum absolute atomic E-state index is 0.0192. The van der Waals surface area contributed by atoms with E-state index in [1.165, 1.54) is 11.0 Å². The Morgan fingerprint density at radius 2 is 1.81 bits per heavy atom. The van der Waals surface area contributed by atoms with Gasteiger partial charge in [0.25, 0.3) is 5.69 Å². The molecule has 7 nitrogen and oxygen atoms in total. The number of esters is 1. The van der Waals surface area contributed by atoms with E-state index >= 15 is 0 Å². The zero-order valence-corrected chi connectivity index (χ0v) is 15.4. The van der Waals surface area contributed by atoms with Crippen molar-refractivity contribution < 1.29 is 19.2 Å². The third kappa shape index (κ3) is 3.81. The second kappa shape index (κ2) is 7.19. The predicted octanol–water partition coefficient (Wildman–Crippen LogP) is 3.48. The third-order valence-corrected chi connectivity index (χ3v) is 4.86. The molecule has 0 N–H and O–H groups in total. The van der Waals surface area contributed by atoms with Crippen molar-refractivity contribution in [3.05, 3.63) is 63.2 Å². The van der Waals surface area contributed by atoms with Crippen LogP contribution in [0.25, 0.3) is 0 Å². The average molecular weight is 368 g/mol. The van der Waals surface area contributed by atoms with Crippen LogP contribution in [0.5, 0.6) is 5.75 Å². The van der Waals surface area contributed by atoms with E-state index in [1.54, 1.807) is 31.2 Å². The Kier molecular flexibility index (Phi) is 4.94. The molecule has 3 rings (SSSR count). The highest BCUT2D eigenvalue weighted by atomic mass is 16.6. The van der Waals surface area contributed by atoms with E-state index in [1.807, 2.05) is 19.9 Å². The molecule has 140 valence electrons. The number of rotatable bonds is 4. The Balaban J connectivity index is 1.75. The Labute approximate surface area is 156 Å². The molecular formula is C20H20N2O5. The Hall–Kier alpha value is -3.22. The average Bonchev–Trinajstić information content (AvgIpc) is 3.00. The molecule has 7 heteroatoms. The third-order valence-electron chi connectivity index (χ3n) is 4.86. The van der Waals surface area contributed by atoms with Crippen molar-refractivity contribution in [1.82, 2.24) is 0 Å². The first-order chi connectivity index (χ1) is 12.8. The number of nitro groups is 1. The van der Waals surface area contributed by atoms with E-state index in [9.17, 15) is 19.7 Å². The zero-order valence-electron chi connectivity index (χ0n) is 15.4. The van der Waals surface area contributed by atoms with E-state index in [-0.39, 0.29) is 24.6 Å². The lowest BCUT2D eigenvalue weighted by Gasteiger charge is -2.17. The van der Waals surface area contributed by atoms with Crippen molar-refractivity contribution in [1.29, 1.82) is 0 Å². The molecule has 0 bridgehead atoms. The van der Waals surface area contributed by atoms with E-state index in [2.05, 4.69) is 0 Å². The van der Waals surface area contributed by atoms with Crippen LogP contribution in [0.15, 0.2) is 36.4 Å². The molecule has 1 aliphatic heterocycles. The number of carbonyl (C=O) groups is 2. The summed E-state index contributed by atoms with van der Waals surface area (Å²) in [5, 5.41) is 11.1. The van der Waals surface area contributed by atoms with Crippen LogP contribution in [-0.2, 0) is 9.59 Å². The fraction of sp³-hybridized carbons (Fsp3) is 0.300. The predicted molar refractivity (Wildman–Crippen MR) is 99.8 cm³/mol. The van der Waals surface area contributed by atoms with Gasteiger partial charge in [-0.25, -0.2) is 0 Å². The number of carbonyl (C=O) groups excluding carboxylic acids is 2. The number of aryl methyl sites for hydroxylation is 3. The summed E-state index contributed by atoms with van der Waals surface area (Å²) < 4.78 is 5.42. The minimum atomic E-state index is -0.612. The van der Waals surface area contributed by atoms with Crippen LogP contribution in [0, 0.1) is 36.8 Å². The first-order valence-corrected chi connectivity index (χ1v) is 8.60. The fourth-order valence-electron chi connectivity index (χ4n) is 3.05. The molecule has 0 spiro atoms. The van der Waals surface area contributed by atoms with Gasteiger partial charge in [0, 0.05) is 24.6 Å². The molecule has 1 atom stereocenters. The Bertz CT molecular complexity index is 938. The number of hydrogen-bond donors (Lipinski definition) is 0. The number of anilines is 1. The highest BCUT2D eigenvalue weighted by Crippen LogP contribution is 2.30. The van der Waals surface area contributed by atoms with Crippen LogP contribution in [0.4, 0.5) is 11.4 Å². The molecule has 0 aromatic heterocycles. The van der Waals surface area contributed by atoms with E-state index in [0.717, 1.165) is 11.1 Å². The molecule has 0 radical (unpaired) electrons. The summed E-state index contributed by atoms with van der Waals surface area (Å²) in [5.74, 6) is -0.898. The van der Waals surface area contributed by atoms with Crippen LogP contribution in [0.1, 0.15) is 23.1 Å². The maximum atomic E-state index is 12.5. The summed E-state index contributed by atoms with van der Waals surface area (Å²) in [5.41, 5.74) is 2.98. The lowest BCUT2D eigenvalue weighted by Crippen LogP contribution is -2.27. The maximum absolute atomic E-state index is 12.5. The molecule has 0 unspecified atom stereocenters. The number of ether oxygens (including phenoxy) is 1. The Morgan fingerprint density at radius 1 is 1.11 bits per heavy atom. The van der Waals surface area contributed by atoms with Crippen molar-refractivity contribution >= 4 is 23.3 Å². The van der Waals surface area contributed by atoms with Gasteiger partial charge in [0.1, 0.15) is 5.75 Å². The van der Waals surface area contributed by atoms with E-state index in [4.69, 9.17) is 4.74 Å². The van der Waals surface area contributed by atoms with Gasteiger partial charge >= 0.3 is 5.97 Å². The van der Waals surface area contributed by atoms with Gasteiger partial charge in [0.2, 0.25) is 5.91 Å². The first-order valence-electron chi connectivity index (χ1n) is 8.60. The SMILES string of the molecule is Cc1ccc(OC(=O)[C@@H]2CC(=O)N(c3ccc(C)c([N+](=O)[O-])c3)C2)cc1C. The van der Waals surface area contributed by atoms with Crippen molar-refractivity contribution in [2.75, 3.05) is 11.4 Å². The maximum Gasteiger partial charge on any atom is 0.316 e. The summed E-state index contributed by atoms with van der Waals surface area (Å²) in [4.78, 5) is 36.9. The summed E-state index contributed by atoms with van der Waals surface area (Å²) in [6.07, 6.45) is 0.0192. The summed E-state index contributed by atoms with van der Waals surface area (Å²) in [6.45, 7) is 5.67. The van der Waals surface area contributed by atoms with Gasteiger partial charge in [0.05, 0.1) is 16.5 Å². The topological polar surface area (TPSA) is 89.8 Å². The molecule has 27 heavy (non-hydrogen) atoms. The van der Waals surface area contributed by atoms with E-state index < -0.39 is 16.8 Å². The van der Waals surface area contributed by atoms with Gasteiger partial charge in [-0.15, -0.1) is 0 Å². The summed E-state index contributed by atoms with van der Waals surface area (Å²) in [7, 11) is 0. The smallest absolute Gasteiger partial charge is 0.316 e. The molecule has 0 aliphatic carbocycles.